The third kappa shape index (κ3) is 2.43. The molecule has 1 saturated heterocycles. The first kappa shape index (κ1) is 12.8. The maximum absolute atomic E-state index is 11.1. The van der Waals surface area contributed by atoms with E-state index in [2.05, 4.69) is 11.9 Å². The molecule has 0 aliphatic carbocycles. The molecule has 6 heteroatoms. The number of aryl methyl sites for hydroxylation is 1. The van der Waals surface area contributed by atoms with Gasteiger partial charge in [-0.25, -0.2) is 4.98 Å². The van der Waals surface area contributed by atoms with E-state index in [1.165, 1.54) is 0 Å². The van der Waals surface area contributed by atoms with Gasteiger partial charge in [0.1, 0.15) is 0 Å². The number of nitro groups is 1. The van der Waals surface area contributed by atoms with Gasteiger partial charge >= 0.3 is 5.69 Å². The molecule has 2 heterocycles. The quantitative estimate of drug-likeness (QED) is 0.634. The number of nitrogens with zero attached hydrogens (tertiary/aromatic N) is 3. The van der Waals surface area contributed by atoms with Crippen molar-refractivity contribution in [2.45, 2.75) is 26.3 Å². The van der Waals surface area contributed by atoms with E-state index in [9.17, 15) is 10.1 Å². The Morgan fingerprint density at radius 1 is 1.61 bits per heavy atom. The molecule has 0 radical (unpaired) electrons. The van der Waals surface area contributed by atoms with Crippen LogP contribution in [0.25, 0.3) is 0 Å². The lowest BCUT2D eigenvalue weighted by Gasteiger charge is -2.35. The first-order valence-electron chi connectivity index (χ1n) is 6.10. The summed E-state index contributed by atoms with van der Waals surface area (Å²) in [6.45, 7) is 5.32. The molecule has 1 aliphatic rings. The zero-order valence-corrected chi connectivity index (χ0v) is 10.7. The smallest absolute Gasteiger partial charge is 0.311 e. The number of anilines is 1. The second-order valence-electron chi connectivity index (χ2n) is 4.99. The third-order valence-electron chi connectivity index (χ3n) is 3.45. The minimum Gasteiger partial charge on any atom is -0.351 e. The van der Waals surface area contributed by atoms with Crippen LogP contribution in [0, 0.1) is 23.0 Å². The summed E-state index contributed by atoms with van der Waals surface area (Å²) in [5.41, 5.74) is 6.84. The molecule has 2 N–H and O–H groups in total. The van der Waals surface area contributed by atoms with Crippen LogP contribution in [0.3, 0.4) is 0 Å². The molecule has 1 aromatic rings. The lowest BCUT2D eigenvalue weighted by Crippen LogP contribution is -2.46. The average Bonchev–Trinajstić information content (AvgIpc) is 2.32. The van der Waals surface area contributed by atoms with Gasteiger partial charge in [0.15, 0.2) is 0 Å². The fraction of sp³-hybridized carbons (Fsp3) is 0.583. The summed E-state index contributed by atoms with van der Waals surface area (Å²) in [6.07, 6.45) is 2.51. The summed E-state index contributed by atoms with van der Waals surface area (Å²) in [5, 5.41) is 11.1. The Labute approximate surface area is 106 Å². The molecule has 2 atom stereocenters. The van der Waals surface area contributed by atoms with Gasteiger partial charge in [0, 0.05) is 31.4 Å². The van der Waals surface area contributed by atoms with Gasteiger partial charge in [-0.15, -0.1) is 0 Å². The predicted molar refractivity (Wildman–Crippen MR) is 69.6 cm³/mol. The fourth-order valence-electron chi connectivity index (χ4n) is 2.28. The first-order chi connectivity index (χ1) is 8.49. The normalized spacial score (nSPS) is 24.1. The highest BCUT2D eigenvalue weighted by Crippen LogP contribution is 2.29. The second-order valence-corrected chi connectivity index (χ2v) is 4.99. The molecular formula is C12H18N4O2. The van der Waals surface area contributed by atoms with Crippen molar-refractivity contribution in [3.63, 3.8) is 0 Å². The number of nitrogens with two attached hydrogens (primary N) is 1. The van der Waals surface area contributed by atoms with Crippen LogP contribution in [-0.2, 0) is 0 Å². The van der Waals surface area contributed by atoms with Crippen molar-refractivity contribution in [2.24, 2.45) is 11.7 Å². The van der Waals surface area contributed by atoms with Crippen LogP contribution in [-0.4, -0.2) is 29.0 Å². The van der Waals surface area contributed by atoms with Gasteiger partial charge in [-0.1, -0.05) is 6.92 Å². The molecule has 18 heavy (non-hydrogen) atoms. The minimum absolute atomic E-state index is 0.0812. The molecule has 0 aromatic carbocycles. The van der Waals surface area contributed by atoms with Crippen molar-refractivity contribution >= 4 is 11.5 Å². The SMILES string of the molecule is Cc1cnc(N2CCC(N)C(C)C2)c([N+](=O)[O-])c1. The van der Waals surface area contributed by atoms with Crippen LogP contribution in [0.4, 0.5) is 11.5 Å². The van der Waals surface area contributed by atoms with E-state index in [1.54, 1.807) is 19.2 Å². The molecule has 6 nitrogen and oxygen atoms in total. The molecule has 98 valence electrons. The Balaban J connectivity index is 2.30. The predicted octanol–water partition coefficient (Wildman–Crippen LogP) is 1.47. The van der Waals surface area contributed by atoms with Crippen LogP contribution in [0.5, 0.6) is 0 Å². The van der Waals surface area contributed by atoms with Crippen molar-refractivity contribution < 1.29 is 4.92 Å². The standard InChI is InChI=1S/C12H18N4O2/c1-8-5-11(16(17)18)12(14-6-8)15-4-3-10(13)9(2)7-15/h5-6,9-10H,3-4,7,13H2,1-2H3. The van der Waals surface area contributed by atoms with Gasteiger partial charge in [-0.3, -0.25) is 10.1 Å². The minimum atomic E-state index is -0.367. The summed E-state index contributed by atoms with van der Waals surface area (Å²) in [4.78, 5) is 16.9. The molecule has 0 amide bonds. The van der Waals surface area contributed by atoms with Crippen LogP contribution in [0.1, 0.15) is 18.9 Å². The van der Waals surface area contributed by atoms with Crippen LogP contribution in [0.15, 0.2) is 12.3 Å². The first-order valence-corrected chi connectivity index (χ1v) is 6.10. The molecule has 1 fully saturated rings. The molecule has 0 spiro atoms. The maximum Gasteiger partial charge on any atom is 0.311 e. The van der Waals surface area contributed by atoms with Gasteiger partial charge < -0.3 is 10.6 Å². The number of pyridine rings is 1. The van der Waals surface area contributed by atoms with Crippen molar-refractivity contribution in [3.05, 3.63) is 27.9 Å². The second kappa shape index (κ2) is 4.89. The van der Waals surface area contributed by atoms with E-state index in [0.29, 0.717) is 11.7 Å². The molecule has 0 saturated carbocycles. The Hall–Kier alpha value is -1.69. The molecular weight excluding hydrogens is 232 g/mol. The molecule has 1 aromatic heterocycles. The van der Waals surface area contributed by atoms with Gasteiger partial charge in [0.05, 0.1) is 4.92 Å². The largest absolute Gasteiger partial charge is 0.351 e. The average molecular weight is 250 g/mol. The highest BCUT2D eigenvalue weighted by molar-refractivity contribution is 5.58. The molecule has 0 bridgehead atoms. The van der Waals surface area contributed by atoms with Crippen molar-refractivity contribution in [3.8, 4) is 0 Å². The molecule has 1 aliphatic heterocycles. The summed E-state index contributed by atoms with van der Waals surface area (Å²) >= 11 is 0. The third-order valence-corrected chi connectivity index (χ3v) is 3.45. The zero-order chi connectivity index (χ0) is 13.3. The van der Waals surface area contributed by atoms with Gasteiger partial charge in [0.2, 0.25) is 5.82 Å². The zero-order valence-electron chi connectivity index (χ0n) is 10.7. The monoisotopic (exact) mass is 250 g/mol. The van der Waals surface area contributed by atoms with E-state index in [1.807, 2.05) is 4.90 Å². The van der Waals surface area contributed by atoms with Crippen LogP contribution in [0.2, 0.25) is 0 Å². The number of aromatic nitrogens is 1. The lowest BCUT2D eigenvalue weighted by atomic mass is 9.95. The van der Waals surface area contributed by atoms with Gasteiger partial charge in [-0.05, 0) is 24.8 Å². The topological polar surface area (TPSA) is 85.3 Å². The van der Waals surface area contributed by atoms with E-state index in [4.69, 9.17) is 5.73 Å². The summed E-state index contributed by atoms with van der Waals surface area (Å²) in [7, 11) is 0. The van der Waals surface area contributed by atoms with Gasteiger partial charge in [0.25, 0.3) is 0 Å². The van der Waals surface area contributed by atoms with Gasteiger partial charge in [-0.2, -0.15) is 0 Å². The summed E-state index contributed by atoms with van der Waals surface area (Å²) in [5.74, 6) is 0.783. The highest BCUT2D eigenvalue weighted by atomic mass is 16.6. The fourth-order valence-corrected chi connectivity index (χ4v) is 2.28. The lowest BCUT2D eigenvalue weighted by molar-refractivity contribution is -0.384. The van der Waals surface area contributed by atoms with Crippen molar-refractivity contribution in [1.82, 2.24) is 4.98 Å². The Kier molecular flexibility index (Phi) is 3.47. The summed E-state index contributed by atoms with van der Waals surface area (Å²) < 4.78 is 0. The maximum atomic E-state index is 11.1. The van der Waals surface area contributed by atoms with Crippen LogP contribution < -0.4 is 10.6 Å². The highest BCUT2D eigenvalue weighted by Gasteiger charge is 2.28. The number of piperidine rings is 1. The van der Waals surface area contributed by atoms with Crippen LogP contribution >= 0.6 is 0 Å². The van der Waals surface area contributed by atoms with E-state index in [0.717, 1.165) is 25.1 Å². The molecule has 2 rings (SSSR count). The van der Waals surface area contributed by atoms with Crippen molar-refractivity contribution in [2.75, 3.05) is 18.0 Å². The Morgan fingerprint density at radius 3 is 2.94 bits per heavy atom. The Morgan fingerprint density at radius 2 is 2.33 bits per heavy atom. The number of rotatable bonds is 2. The molecule has 2 unspecified atom stereocenters. The van der Waals surface area contributed by atoms with E-state index < -0.39 is 0 Å². The van der Waals surface area contributed by atoms with E-state index in [-0.39, 0.29) is 16.7 Å². The number of hydrogen-bond acceptors (Lipinski definition) is 5. The number of hydrogen-bond donors (Lipinski definition) is 1. The Bertz CT molecular complexity index is 463. The summed E-state index contributed by atoms with van der Waals surface area (Å²) in [6, 6.07) is 1.74. The van der Waals surface area contributed by atoms with E-state index >= 15 is 0 Å². The van der Waals surface area contributed by atoms with Crippen molar-refractivity contribution in [1.29, 1.82) is 0 Å².